The Labute approximate surface area is 292 Å². The molecule has 0 saturated carbocycles. The average molecular weight is 607 g/mol. The molecule has 0 saturated heterocycles. The van der Waals surface area contributed by atoms with E-state index >= 15 is 0 Å². The average Bonchev–Trinajstić information content (AvgIpc) is 2.92. The predicted molar refractivity (Wildman–Crippen MR) is 199 cm³/mol. The van der Waals surface area contributed by atoms with Gasteiger partial charge in [0.2, 0.25) is 0 Å². The van der Waals surface area contributed by atoms with E-state index < -0.39 is 0 Å². The molecular formula is C38H85AlMgN+. The first-order chi connectivity index (χ1) is 19.1. The van der Waals surface area contributed by atoms with Gasteiger partial charge in [0.25, 0.3) is 0 Å². The summed E-state index contributed by atoms with van der Waals surface area (Å²) in [5, 5.41) is 0. The molecule has 0 N–H and O–H groups in total. The minimum atomic E-state index is 0. The summed E-state index contributed by atoms with van der Waals surface area (Å²) in [5.41, 5.74) is 0. The summed E-state index contributed by atoms with van der Waals surface area (Å²) in [7, 11) is 4.94. The van der Waals surface area contributed by atoms with E-state index in [0.29, 0.717) is 0 Å². The van der Waals surface area contributed by atoms with E-state index in [1.807, 2.05) is 0 Å². The molecule has 0 unspecified atom stereocenters. The second-order valence-corrected chi connectivity index (χ2v) is 14.0. The molecule has 0 aliphatic heterocycles. The van der Waals surface area contributed by atoms with Crippen LogP contribution < -0.4 is 0 Å². The summed E-state index contributed by atoms with van der Waals surface area (Å²) in [6.45, 7) is 7.39. The van der Waals surface area contributed by atoms with Gasteiger partial charge in [0.1, 0.15) is 0 Å². The molecule has 0 aromatic heterocycles. The van der Waals surface area contributed by atoms with Crippen LogP contribution in [0.4, 0.5) is 0 Å². The van der Waals surface area contributed by atoms with Crippen molar-refractivity contribution in [2.24, 2.45) is 0 Å². The third kappa shape index (κ3) is 41.3. The predicted octanol–water partition coefficient (Wildman–Crippen LogP) is 12.2. The molecule has 0 aromatic rings. The van der Waals surface area contributed by atoms with Crippen LogP contribution in [-0.2, 0) is 0 Å². The van der Waals surface area contributed by atoms with Crippen LogP contribution in [-0.4, -0.2) is 72.1 Å². The first-order valence-electron chi connectivity index (χ1n) is 18.9. The van der Waals surface area contributed by atoms with Gasteiger partial charge >= 0.3 is 23.1 Å². The van der Waals surface area contributed by atoms with E-state index in [9.17, 15) is 0 Å². The fourth-order valence-electron chi connectivity index (χ4n) is 6.29. The van der Waals surface area contributed by atoms with E-state index in [-0.39, 0.29) is 43.3 Å². The van der Waals surface area contributed by atoms with E-state index in [1.54, 1.807) is 0 Å². The molecule has 0 rings (SSSR count). The Bertz CT molecular complexity index is 416. The van der Waals surface area contributed by atoms with Gasteiger partial charge in [-0.15, -0.1) is 0 Å². The quantitative estimate of drug-likeness (QED) is 0.0388. The SMILES string of the molecule is CCCCCCCCCCCCCCCCCC[N+](C)(C)CCCCCCCCCCCCCCCCCC.[AlH3].[H-].[H-].[Mg+2]. The third-order valence-corrected chi connectivity index (χ3v) is 9.23. The van der Waals surface area contributed by atoms with Crippen molar-refractivity contribution in [3.8, 4) is 0 Å². The Morgan fingerprint density at radius 2 is 0.439 bits per heavy atom. The summed E-state index contributed by atoms with van der Waals surface area (Å²) in [4.78, 5) is 0. The van der Waals surface area contributed by atoms with Gasteiger partial charge in [0, 0.05) is 0 Å². The van der Waals surface area contributed by atoms with Gasteiger partial charge in [-0.3, -0.25) is 0 Å². The molecule has 3 heteroatoms. The zero-order valence-electron chi connectivity index (χ0n) is 31.2. The van der Waals surface area contributed by atoms with Crippen molar-refractivity contribution < 1.29 is 7.34 Å². The summed E-state index contributed by atoms with van der Waals surface area (Å²) in [6.07, 6.45) is 46.9. The largest absolute Gasteiger partial charge is 2.00 e. The van der Waals surface area contributed by atoms with Gasteiger partial charge in [-0.25, -0.2) is 0 Å². The molecule has 0 fully saturated rings. The summed E-state index contributed by atoms with van der Waals surface area (Å²) in [5.74, 6) is 0. The molecule has 0 spiro atoms. The monoisotopic (exact) mass is 607 g/mol. The Morgan fingerprint density at radius 1 is 0.293 bits per heavy atom. The second-order valence-electron chi connectivity index (χ2n) is 14.0. The fraction of sp³-hybridized carbons (Fsp3) is 1.00. The normalized spacial score (nSPS) is 11.4. The first-order valence-corrected chi connectivity index (χ1v) is 18.9. The van der Waals surface area contributed by atoms with Gasteiger partial charge in [-0.2, -0.15) is 0 Å². The molecule has 0 atom stereocenters. The maximum Gasteiger partial charge on any atom is 2.00 e. The van der Waals surface area contributed by atoms with E-state index in [1.165, 1.54) is 223 Å². The molecule has 41 heavy (non-hydrogen) atoms. The van der Waals surface area contributed by atoms with Crippen LogP contribution in [0.2, 0.25) is 0 Å². The van der Waals surface area contributed by atoms with Crippen molar-refractivity contribution in [1.82, 2.24) is 0 Å². The van der Waals surface area contributed by atoms with Gasteiger partial charge in [0.15, 0.2) is 17.4 Å². The molecule has 0 heterocycles. The Balaban J connectivity index is -0.00000120. The van der Waals surface area contributed by atoms with Crippen LogP contribution in [0, 0.1) is 0 Å². The molecule has 1 nitrogen and oxygen atoms in total. The Morgan fingerprint density at radius 3 is 0.610 bits per heavy atom. The maximum absolute atomic E-state index is 2.47. The Kier molecular flexibility index (Phi) is 44.7. The maximum atomic E-state index is 2.47. The summed E-state index contributed by atoms with van der Waals surface area (Å²) >= 11 is 0. The first kappa shape index (κ1) is 46.7. The second kappa shape index (κ2) is 39.3. The molecule has 0 bridgehead atoms. The molecule has 0 amide bonds. The smallest absolute Gasteiger partial charge is 1.00 e. The van der Waals surface area contributed by atoms with Gasteiger partial charge in [0.05, 0.1) is 27.2 Å². The van der Waals surface area contributed by atoms with Gasteiger partial charge in [-0.1, -0.05) is 194 Å². The summed E-state index contributed by atoms with van der Waals surface area (Å²) < 4.78 is 1.25. The van der Waals surface area contributed by atoms with Crippen molar-refractivity contribution in [3.05, 3.63) is 0 Å². The Hall–Kier alpha value is 1.26. The van der Waals surface area contributed by atoms with E-state index in [2.05, 4.69) is 27.9 Å². The van der Waals surface area contributed by atoms with Crippen molar-refractivity contribution in [2.75, 3.05) is 27.2 Å². The molecule has 0 aliphatic rings. The van der Waals surface area contributed by atoms with Crippen LogP contribution in [0.25, 0.3) is 0 Å². The fourth-order valence-corrected chi connectivity index (χ4v) is 6.29. The zero-order valence-corrected chi connectivity index (χ0v) is 30.6. The molecule has 0 radical (unpaired) electrons. The minimum Gasteiger partial charge on any atom is -1.00 e. The summed E-state index contributed by atoms with van der Waals surface area (Å²) in [6, 6.07) is 0. The van der Waals surface area contributed by atoms with Crippen molar-refractivity contribution in [3.63, 3.8) is 0 Å². The third-order valence-electron chi connectivity index (χ3n) is 9.23. The van der Waals surface area contributed by atoms with Crippen LogP contribution >= 0.6 is 0 Å². The number of rotatable bonds is 34. The number of hydrogen-bond acceptors (Lipinski definition) is 0. The van der Waals surface area contributed by atoms with E-state index in [4.69, 9.17) is 0 Å². The molecule has 0 aromatic carbocycles. The number of nitrogens with zero attached hydrogens (tertiary/aromatic N) is 1. The van der Waals surface area contributed by atoms with Crippen LogP contribution in [0.15, 0.2) is 0 Å². The number of unbranched alkanes of at least 4 members (excludes halogenated alkanes) is 30. The minimum absolute atomic E-state index is 0. The van der Waals surface area contributed by atoms with Gasteiger partial charge < -0.3 is 7.34 Å². The topological polar surface area (TPSA) is 0 Å². The van der Waals surface area contributed by atoms with Crippen LogP contribution in [0.3, 0.4) is 0 Å². The van der Waals surface area contributed by atoms with Crippen LogP contribution in [0.5, 0.6) is 0 Å². The van der Waals surface area contributed by atoms with Crippen molar-refractivity contribution in [1.29, 1.82) is 0 Å². The van der Waals surface area contributed by atoms with Crippen LogP contribution in [0.1, 0.15) is 222 Å². The standard InChI is InChI=1S/C38H80N.Al.Mg.5H/c1-5-7-9-11-13-15-17-19-21-23-25-27-29-31-33-35-37-39(3,4)38-36-34-32-30-28-26-24-22-20-18-16-14-12-10-8-6-2;;;;;;;/h5-38H2,1-4H3;;;;;;;/q+1;;+2;;;;2*-1. The van der Waals surface area contributed by atoms with Crippen molar-refractivity contribution in [2.45, 2.75) is 219 Å². The van der Waals surface area contributed by atoms with E-state index in [0.717, 1.165) is 0 Å². The number of hydrogen-bond donors (Lipinski definition) is 0. The zero-order chi connectivity index (χ0) is 28.5. The molecule has 246 valence electrons. The number of quaternary nitrogens is 1. The molecular weight excluding hydrogens is 522 g/mol. The van der Waals surface area contributed by atoms with Gasteiger partial charge in [-0.05, 0) is 25.7 Å². The van der Waals surface area contributed by atoms with Crippen molar-refractivity contribution >= 4 is 40.4 Å². The molecule has 0 aliphatic carbocycles.